The molecule has 0 N–H and O–H groups in total. The molecule has 0 radical (unpaired) electrons. The summed E-state index contributed by atoms with van der Waals surface area (Å²) < 4.78 is 7.76. The Morgan fingerprint density at radius 2 is 2.06 bits per heavy atom. The number of morpholine rings is 1. The third-order valence-electron chi connectivity index (χ3n) is 5.62. The fourth-order valence-corrected chi connectivity index (χ4v) is 4.70. The predicted octanol–water partition coefficient (Wildman–Crippen LogP) is 4.18. The van der Waals surface area contributed by atoms with E-state index in [0.717, 1.165) is 23.5 Å². The van der Waals surface area contributed by atoms with Crippen LogP contribution >= 0.6 is 11.8 Å². The number of hydrogen-bond acceptors (Lipinski definition) is 6. The number of hydrogen-bond donors (Lipinski definition) is 0. The minimum atomic E-state index is 0.103. The summed E-state index contributed by atoms with van der Waals surface area (Å²) in [5.74, 6) is 1.46. The smallest absolute Gasteiger partial charge is 0.233 e. The van der Waals surface area contributed by atoms with Gasteiger partial charge in [-0.2, -0.15) is 0 Å². The van der Waals surface area contributed by atoms with Crippen molar-refractivity contribution >= 4 is 17.7 Å². The Labute approximate surface area is 193 Å². The second-order valence-corrected chi connectivity index (χ2v) is 9.07. The molecular weight excluding hydrogens is 422 g/mol. The Morgan fingerprint density at radius 3 is 2.81 bits per heavy atom. The largest absolute Gasteiger partial charge is 0.375 e. The van der Waals surface area contributed by atoms with Crippen molar-refractivity contribution in [1.29, 1.82) is 0 Å². The molecular formula is C24H29N5O2S. The van der Waals surface area contributed by atoms with Crippen molar-refractivity contribution in [3.63, 3.8) is 0 Å². The van der Waals surface area contributed by atoms with Gasteiger partial charge in [-0.1, -0.05) is 50.7 Å². The standard InChI is InChI=1S/C24H29N5O2S/c1-4-19-15-28(12-13-31-19)22(30)16-32-24-27-26-23(18-8-7-11-25-14-18)29(24)21-10-6-5-9-20(21)17(2)3/h5-11,14,17,19H,4,12-13,15-16H2,1-3H3. The summed E-state index contributed by atoms with van der Waals surface area (Å²) in [7, 11) is 0. The van der Waals surface area contributed by atoms with Crippen LogP contribution in [0.15, 0.2) is 53.9 Å². The molecule has 0 aliphatic carbocycles. The van der Waals surface area contributed by atoms with Crippen molar-refractivity contribution in [3.8, 4) is 17.1 Å². The van der Waals surface area contributed by atoms with Crippen molar-refractivity contribution in [3.05, 3.63) is 54.4 Å². The van der Waals surface area contributed by atoms with Gasteiger partial charge in [0.05, 0.1) is 24.2 Å². The topological polar surface area (TPSA) is 73.1 Å². The summed E-state index contributed by atoms with van der Waals surface area (Å²) in [4.78, 5) is 19.1. The summed E-state index contributed by atoms with van der Waals surface area (Å²) in [6.45, 7) is 8.32. The van der Waals surface area contributed by atoms with Crippen LogP contribution in [0.5, 0.6) is 0 Å². The Hall–Kier alpha value is -2.71. The number of carbonyl (C=O) groups excluding carboxylic acids is 1. The van der Waals surface area contributed by atoms with E-state index in [9.17, 15) is 4.79 Å². The van der Waals surface area contributed by atoms with Crippen LogP contribution in [0, 0.1) is 0 Å². The molecule has 7 nitrogen and oxygen atoms in total. The summed E-state index contributed by atoms with van der Waals surface area (Å²) in [5.41, 5.74) is 3.11. The second kappa shape index (κ2) is 10.3. The zero-order valence-electron chi connectivity index (χ0n) is 18.8. The molecule has 168 valence electrons. The third kappa shape index (κ3) is 4.86. The van der Waals surface area contributed by atoms with E-state index >= 15 is 0 Å². The van der Waals surface area contributed by atoms with Crippen LogP contribution in [-0.2, 0) is 9.53 Å². The molecule has 1 aromatic carbocycles. The summed E-state index contributed by atoms with van der Waals surface area (Å²) in [5, 5.41) is 9.66. The van der Waals surface area contributed by atoms with Gasteiger partial charge in [0.1, 0.15) is 0 Å². The maximum absolute atomic E-state index is 12.9. The van der Waals surface area contributed by atoms with Crippen LogP contribution in [0.2, 0.25) is 0 Å². The number of thioether (sulfide) groups is 1. The Kier molecular flexibility index (Phi) is 7.22. The van der Waals surface area contributed by atoms with Crippen molar-refractivity contribution < 1.29 is 9.53 Å². The Balaban J connectivity index is 1.65. The summed E-state index contributed by atoms with van der Waals surface area (Å²) in [6.07, 6.45) is 4.56. The van der Waals surface area contributed by atoms with E-state index < -0.39 is 0 Å². The number of aromatic nitrogens is 4. The lowest BCUT2D eigenvalue weighted by atomic mass is 10.0. The van der Waals surface area contributed by atoms with E-state index in [1.165, 1.54) is 17.3 Å². The van der Waals surface area contributed by atoms with Crippen molar-refractivity contribution in [2.45, 2.75) is 44.4 Å². The Morgan fingerprint density at radius 1 is 1.22 bits per heavy atom. The lowest BCUT2D eigenvalue weighted by Crippen LogP contribution is -2.46. The molecule has 1 saturated heterocycles. The van der Waals surface area contributed by atoms with Crippen LogP contribution in [0.25, 0.3) is 17.1 Å². The highest BCUT2D eigenvalue weighted by molar-refractivity contribution is 7.99. The van der Waals surface area contributed by atoms with Gasteiger partial charge in [0.15, 0.2) is 11.0 Å². The van der Waals surface area contributed by atoms with Gasteiger partial charge in [0.2, 0.25) is 5.91 Å². The minimum Gasteiger partial charge on any atom is -0.375 e. The average molecular weight is 452 g/mol. The quantitative estimate of drug-likeness (QED) is 0.502. The van der Waals surface area contributed by atoms with Gasteiger partial charge in [-0.25, -0.2) is 0 Å². The molecule has 1 aliphatic rings. The van der Waals surface area contributed by atoms with Crippen LogP contribution in [0.3, 0.4) is 0 Å². The van der Waals surface area contributed by atoms with Crippen LogP contribution in [-0.4, -0.2) is 62.1 Å². The molecule has 3 heterocycles. The molecule has 0 saturated carbocycles. The molecule has 32 heavy (non-hydrogen) atoms. The van der Waals surface area contributed by atoms with Gasteiger partial charge in [0, 0.05) is 31.0 Å². The van der Waals surface area contributed by atoms with Crippen molar-refractivity contribution in [1.82, 2.24) is 24.6 Å². The SMILES string of the molecule is CCC1CN(C(=O)CSc2nnc(-c3cccnc3)n2-c2ccccc2C(C)C)CCO1. The van der Waals surface area contributed by atoms with Gasteiger partial charge in [-0.3, -0.25) is 14.3 Å². The molecule has 2 aromatic heterocycles. The zero-order chi connectivity index (χ0) is 22.5. The number of nitrogens with zero attached hydrogens (tertiary/aromatic N) is 5. The molecule has 1 aliphatic heterocycles. The van der Waals surface area contributed by atoms with E-state index in [2.05, 4.69) is 52.7 Å². The van der Waals surface area contributed by atoms with Crippen LogP contribution in [0.1, 0.15) is 38.7 Å². The number of benzene rings is 1. The maximum Gasteiger partial charge on any atom is 0.233 e. The molecule has 0 bridgehead atoms. The summed E-state index contributed by atoms with van der Waals surface area (Å²) >= 11 is 1.43. The zero-order valence-corrected chi connectivity index (χ0v) is 19.6. The van der Waals surface area contributed by atoms with Gasteiger partial charge >= 0.3 is 0 Å². The van der Waals surface area contributed by atoms with E-state index in [1.54, 1.807) is 12.4 Å². The minimum absolute atomic E-state index is 0.103. The fourth-order valence-electron chi connectivity index (χ4n) is 3.85. The molecule has 4 rings (SSSR count). The van der Waals surface area contributed by atoms with Gasteiger partial charge in [-0.05, 0) is 36.1 Å². The van der Waals surface area contributed by atoms with E-state index in [4.69, 9.17) is 4.74 Å². The molecule has 8 heteroatoms. The van der Waals surface area contributed by atoms with Gasteiger partial charge < -0.3 is 9.64 Å². The first-order valence-electron chi connectivity index (χ1n) is 11.1. The summed E-state index contributed by atoms with van der Waals surface area (Å²) in [6, 6.07) is 12.1. The number of amides is 1. The predicted molar refractivity (Wildman–Crippen MR) is 126 cm³/mol. The second-order valence-electron chi connectivity index (χ2n) is 8.13. The van der Waals surface area contributed by atoms with Crippen molar-refractivity contribution in [2.75, 3.05) is 25.4 Å². The molecule has 0 spiro atoms. The van der Waals surface area contributed by atoms with E-state index in [-0.39, 0.29) is 12.0 Å². The van der Waals surface area contributed by atoms with E-state index in [0.29, 0.717) is 36.5 Å². The first-order chi connectivity index (χ1) is 15.6. The molecule has 1 fully saturated rings. The number of carbonyl (C=O) groups is 1. The third-order valence-corrected chi connectivity index (χ3v) is 6.54. The number of rotatable bonds is 7. The lowest BCUT2D eigenvalue weighted by molar-refractivity contribution is -0.135. The highest BCUT2D eigenvalue weighted by Crippen LogP contribution is 2.32. The molecule has 3 aromatic rings. The lowest BCUT2D eigenvalue weighted by Gasteiger charge is -2.32. The van der Waals surface area contributed by atoms with Gasteiger partial charge in [-0.15, -0.1) is 10.2 Å². The fraction of sp³-hybridized carbons (Fsp3) is 0.417. The molecule has 1 atom stereocenters. The Bertz CT molecular complexity index is 1050. The first kappa shape index (κ1) is 22.5. The van der Waals surface area contributed by atoms with Crippen LogP contribution in [0.4, 0.5) is 0 Å². The molecule has 1 amide bonds. The highest BCUT2D eigenvalue weighted by atomic mass is 32.2. The highest BCUT2D eigenvalue weighted by Gasteiger charge is 2.25. The average Bonchev–Trinajstić information content (AvgIpc) is 3.26. The number of pyridine rings is 1. The number of ether oxygens (including phenoxy) is 1. The normalized spacial score (nSPS) is 16.5. The van der Waals surface area contributed by atoms with Gasteiger partial charge in [0.25, 0.3) is 0 Å². The monoisotopic (exact) mass is 451 g/mol. The first-order valence-corrected chi connectivity index (χ1v) is 12.0. The molecule has 1 unspecified atom stereocenters. The maximum atomic E-state index is 12.9. The number of para-hydroxylation sites is 1. The van der Waals surface area contributed by atoms with E-state index in [1.807, 2.05) is 29.2 Å². The van der Waals surface area contributed by atoms with Crippen LogP contribution < -0.4 is 0 Å². The van der Waals surface area contributed by atoms with Crippen molar-refractivity contribution in [2.24, 2.45) is 0 Å².